The van der Waals surface area contributed by atoms with E-state index in [0.29, 0.717) is 38.5 Å². The van der Waals surface area contributed by atoms with Gasteiger partial charge in [0.15, 0.2) is 12.3 Å². The molecule has 0 saturated carbocycles. The number of nitrogens with zero attached hydrogens (tertiary/aromatic N) is 5. The minimum Gasteiger partial charge on any atom is -0.494 e. The second-order valence-corrected chi connectivity index (χ2v) is 10.1. The highest BCUT2D eigenvalue weighted by atomic mass is 16.5. The van der Waals surface area contributed by atoms with Crippen molar-refractivity contribution in [3.8, 4) is 28.3 Å². The zero-order valence-corrected chi connectivity index (χ0v) is 23.4. The summed E-state index contributed by atoms with van der Waals surface area (Å²) in [5, 5.41) is 0.995. The van der Waals surface area contributed by atoms with E-state index in [-0.39, 0.29) is 12.5 Å². The Morgan fingerprint density at radius 2 is 1.51 bits per heavy atom. The lowest BCUT2D eigenvalue weighted by atomic mass is 10.1. The molecule has 0 N–H and O–H groups in total. The predicted octanol–water partition coefficient (Wildman–Crippen LogP) is 5.52. The Labute approximate surface area is 239 Å². The highest BCUT2D eigenvalue weighted by Gasteiger charge is 2.26. The summed E-state index contributed by atoms with van der Waals surface area (Å²) in [5.41, 5.74) is 5.15. The molecule has 8 nitrogen and oxygen atoms in total. The molecule has 3 heterocycles. The van der Waals surface area contributed by atoms with Crippen LogP contribution in [-0.4, -0.2) is 64.7 Å². The Kier molecular flexibility index (Phi) is 7.54. The normalized spacial score (nSPS) is 13.4. The van der Waals surface area contributed by atoms with E-state index in [4.69, 9.17) is 19.4 Å². The van der Waals surface area contributed by atoms with Crippen LogP contribution in [0.3, 0.4) is 0 Å². The van der Waals surface area contributed by atoms with Crippen molar-refractivity contribution < 1.29 is 14.3 Å². The SMILES string of the molecule is CCOc1ccc(-n2cc(-c3ccccc3)c3c(N4CCN(C(=O)COc5ccc(C)cc5)CC4)ncnc32)cc1. The van der Waals surface area contributed by atoms with E-state index in [0.717, 1.165) is 45.0 Å². The average Bonchev–Trinajstić information content (AvgIpc) is 3.42. The maximum absolute atomic E-state index is 12.9. The number of hydrogen-bond donors (Lipinski definition) is 0. The van der Waals surface area contributed by atoms with Gasteiger partial charge >= 0.3 is 0 Å². The second kappa shape index (κ2) is 11.7. The summed E-state index contributed by atoms with van der Waals surface area (Å²) in [4.78, 5) is 26.5. The molecule has 0 atom stereocenters. The molecule has 1 aliphatic heterocycles. The van der Waals surface area contributed by atoms with Crippen molar-refractivity contribution in [2.75, 3.05) is 44.3 Å². The molecule has 8 heteroatoms. The highest BCUT2D eigenvalue weighted by molar-refractivity contribution is 6.02. The molecule has 1 saturated heterocycles. The first kappa shape index (κ1) is 26.4. The van der Waals surface area contributed by atoms with E-state index in [9.17, 15) is 4.79 Å². The van der Waals surface area contributed by atoms with Gasteiger partial charge < -0.3 is 23.8 Å². The van der Waals surface area contributed by atoms with Crippen molar-refractivity contribution in [1.29, 1.82) is 0 Å². The zero-order valence-electron chi connectivity index (χ0n) is 23.4. The number of carbonyl (C=O) groups is 1. The lowest BCUT2D eigenvalue weighted by Crippen LogP contribution is -2.50. The number of piperazine rings is 1. The summed E-state index contributed by atoms with van der Waals surface area (Å²) in [5.74, 6) is 2.41. The molecular formula is C33H33N5O3. The fraction of sp³-hybridized carbons (Fsp3) is 0.242. The molecule has 0 radical (unpaired) electrons. The van der Waals surface area contributed by atoms with Crippen LogP contribution in [-0.2, 0) is 4.79 Å². The Balaban J connectivity index is 1.26. The molecule has 1 aliphatic rings. The van der Waals surface area contributed by atoms with Crippen LogP contribution in [0, 0.1) is 6.92 Å². The molecule has 2 aromatic heterocycles. The van der Waals surface area contributed by atoms with Crippen LogP contribution < -0.4 is 14.4 Å². The number of aromatic nitrogens is 3. The summed E-state index contributed by atoms with van der Waals surface area (Å²) < 4.78 is 13.5. The third-order valence-electron chi connectivity index (χ3n) is 7.39. The molecule has 0 spiro atoms. The summed E-state index contributed by atoms with van der Waals surface area (Å²) in [7, 11) is 0. The van der Waals surface area contributed by atoms with Gasteiger partial charge in [-0.2, -0.15) is 0 Å². The third-order valence-corrected chi connectivity index (χ3v) is 7.39. The van der Waals surface area contributed by atoms with E-state index in [1.165, 1.54) is 0 Å². The minimum atomic E-state index is -0.00955. The van der Waals surface area contributed by atoms with Gasteiger partial charge in [0.2, 0.25) is 0 Å². The minimum absolute atomic E-state index is 0.00955. The Hall–Kier alpha value is -4.85. The van der Waals surface area contributed by atoms with Crippen LogP contribution in [0.5, 0.6) is 11.5 Å². The van der Waals surface area contributed by atoms with Crippen LogP contribution in [0.15, 0.2) is 91.4 Å². The summed E-state index contributed by atoms with van der Waals surface area (Å²) in [6.45, 7) is 7.20. The molecule has 0 aliphatic carbocycles. The molecule has 41 heavy (non-hydrogen) atoms. The van der Waals surface area contributed by atoms with Gasteiger partial charge in [-0.15, -0.1) is 0 Å². The molecule has 5 aromatic rings. The number of carbonyl (C=O) groups excluding carboxylic acids is 1. The number of aryl methyl sites for hydroxylation is 1. The topological polar surface area (TPSA) is 72.7 Å². The van der Waals surface area contributed by atoms with E-state index < -0.39 is 0 Å². The predicted molar refractivity (Wildman–Crippen MR) is 161 cm³/mol. The smallest absolute Gasteiger partial charge is 0.260 e. The first-order valence-corrected chi connectivity index (χ1v) is 14.0. The molecule has 1 fully saturated rings. The average molecular weight is 548 g/mol. The van der Waals surface area contributed by atoms with Gasteiger partial charge in [-0.3, -0.25) is 4.79 Å². The van der Waals surface area contributed by atoms with Gasteiger partial charge in [0.05, 0.1) is 12.0 Å². The molecule has 6 rings (SSSR count). The molecular weight excluding hydrogens is 514 g/mol. The van der Waals surface area contributed by atoms with Crippen LogP contribution in [0.4, 0.5) is 5.82 Å². The van der Waals surface area contributed by atoms with Crippen molar-refractivity contribution in [2.45, 2.75) is 13.8 Å². The van der Waals surface area contributed by atoms with Gasteiger partial charge in [0, 0.05) is 43.6 Å². The molecule has 1 amide bonds. The van der Waals surface area contributed by atoms with Crippen LogP contribution in [0.1, 0.15) is 12.5 Å². The van der Waals surface area contributed by atoms with Gasteiger partial charge in [0.1, 0.15) is 23.6 Å². The number of ether oxygens (including phenoxy) is 2. The second-order valence-electron chi connectivity index (χ2n) is 10.1. The first-order valence-electron chi connectivity index (χ1n) is 14.0. The van der Waals surface area contributed by atoms with E-state index in [2.05, 4.69) is 27.8 Å². The van der Waals surface area contributed by atoms with Crippen LogP contribution >= 0.6 is 0 Å². The lowest BCUT2D eigenvalue weighted by molar-refractivity contribution is -0.133. The van der Waals surface area contributed by atoms with E-state index in [1.807, 2.05) is 85.5 Å². The summed E-state index contributed by atoms with van der Waals surface area (Å²) in [6, 6.07) is 26.1. The van der Waals surface area contributed by atoms with Crippen molar-refractivity contribution in [3.63, 3.8) is 0 Å². The molecule has 208 valence electrons. The maximum Gasteiger partial charge on any atom is 0.260 e. The van der Waals surface area contributed by atoms with Crippen molar-refractivity contribution in [1.82, 2.24) is 19.4 Å². The van der Waals surface area contributed by atoms with Gasteiger partial charge in [0.25, 0.3) is 5.91 Å². The number of benzene rings is 3. The third kappa shape index (κ3) is 5.59. The van der Waals surface area contributed by atoms with E-state index >= 15 is 0 Å². The number of anilines is 1. The largest absolute Gasteiger partial charge is 0.494 e. The Bertz CT molecular complexity index is 1620. The van der Waals surface area contributed by atoms with Crippen molar-refractivity contribution >= 4 is 22.8 Å². The fourth-order valence-corrected chi connectivity index (χ4v) is 5.23. The van der Waals surface area contributed by atoms with Crippen molar-refractivity contribution in [2.24, 2.45) is 0 Å². The van der Waals surface area contributed by atoms with Gasteiger partial charge in [-0.05, 0) is 55.8 Å². The van der Waals surface area contributed by atoms with Gasteiger partial charge in [-0.1, -0.05) is 48.0 Å². The lowest BCUT2D eigenvalue weighted by Gasteiger charge is -2.35. The van der Waals surface area contributed by atoms with Crippen molar-refractivity contribution in [3.05, 3.63) is 97.0 Å². The number of fused-ring (bicyclic) bond motifs is 1. The van der Waals surface area contributed by atoms with Gasteiger partial charge in [-0.25, -0.2) is 9.97 Å². The quantitative estimate of drug-likeness (QED) is 0.255. The molecule has 0 unspecified atom stereocenters. The molecule has 3 aromatic carbocycles. The monoisotopic (exact) mass is 547 g/mol. The summed E-state index contributed by atoms with van der Waals surface area (Å²) >= 11 is 0. The summed E-state index contributed by atoms with van der Waals surface area (Å²) in [6.07, 6.45) is 3.76. The number of rotatable bonds is 8. The van der Waals surface area contributed by atoms with E-state index in [1.54, 1.807) is 6.33 Å². The first-order chi connectivity index (χ1) is 20.1. The van der Waals surface area contributed by atoms with Crippen LogP contribution in [0.25, 0.3) is 27.8 Å². The number of amides is 1. The number of hydrogen-bond acceptors (Lipinski definition) is 6. The standard InChI is InChI=1S/C33H33N5O3/c1-3-40-27-15-11-26(12-16-27)38-21-29(25-7-5-4-6-8-25)31-32(34-23-35-33(31)38)37-19-17-36(18-20-37)30(39)22-41-28-13-9-24(2)10-14-28/h4-16,21,23H,3,17-20,22H2,1-2H3. The Morgan fingerprint density at radius 1 is 0.829 bits per heavy atom. The zero-order chi connectivity index (χ0) is 28.2. The fourth-order valence-electron chi connectivity index (χ4n) is 5.23. The maximum atomic E-state index is 12.9. The highest BCUT2D eigenvalue weighted by Crippen LogP contribution is 2.37. The van der Waals surface area contributed by atoms with Crippen LogP contribution in [0.2, 0.25) is 0 Å². The molecule has 0 bridgehead atoms. The Morgan fingerprint density at radius 3 is 2.22 bits per heavy atom.